The second-order valence-corrected chi connectivity index (χ2v) is 8.20. The molecule has 0 bridgehead atoms. The molecule has 1 fully saturated rings. The average molecular weight is 391 g/mol. The molecule has 25 heavy (non-hydrogen) atoms. The Balaban J connectivity index is 2.06. The molecule has 1 aromatic carbocycles. The number of hydrogen-bond donors (Lipinski definition) is 0. The van der Waals surface area contributed by atoms with Gasteiger partial charge in [0, 0.05) is 24.9 Å². The molecule has 2 aliphatic rings. The largest absolute Gasteiger partial charge is 0.278 e. The SMILES string of the molecule is CC(C)(C)N1CCC(F)(F)CC1N1C(=O)c2ccc(Cl)c(Cl)c2C1=O. The summed E-state index contributed by atoms with van der Waals surface area (Å²) in [4.78, 5) is 28.3. The van der Waals surface area contributed by atoms with Gasteiger partial charge >= 0.3 is 0 Å². The fourth-order valence-electron chi connectivity index (χ4n) is 3.48. The van der Waals surface area contributed by atoms with Crippen molar-refractivity contribution in [1.29, 1.82) is 0 Å². The van der Waals surface area contributed by atoms with E-state index in [0.29, 0.717) is 0 Å². The van der Waals surface area contributed by atoms with Crippen LogP contribution >= 0.6 is 23.2 Å². The lowest BCUT2D eigenvalue weighted by Crippen LogP contribution is -2.62. The van der Waals surface area contributed by atoms with Crippen molar-refractivity contribution in [3.63, 3.8) is 0 Å². The fourth-order valence-corrected chi connectivity index (χ4v) is 3.88. The summed E-state index contributed by atoms with van der Waals surface area (Å²) in [7, 11) is 0. The van der Waals surface area contributed by atoms with Gasteiger partial charge in [-0.1, -0.05) is 23.2 Å². The van der Waals surface area contributed by atoms with E-state index in [9.17, 15) is 18.4 Å². The van der Waals surface area contributed by atoms with Crippen LogP contribution in [0.15, 0.2) is 12.1 Å². The zero-order valence-electron chi connectivity index (χ0n) is 14.1. The third-order valence-electron chi connectivity index (χ3n) is 4.70. The van der Waals surface area contributed by atoms with Gasteiger partial charge in [0.2, 0.25) is 0 Å². The number of carbonyl (C=O) groups excluding carboxylic acids is 2. The molecule has 136 valence electrons. The summed E-state index contributed by atoms with van der Waals surface area (Å²) in [5.41, 5.74) is -0.401. The maximum Gasteiger partial charge on any atom is 0.264 e. The van der Waals surface area contributed by atoms with E-state index in [2.05, 4.69) is 0 Å². The Morgan fingerprint density at radius 2 is 1.80 bits per heavy atom. The number of piperidine rings is 1. The second-order valence-electron chi connectivity index (χ2n) is 7.42. The van der Waals surface area contributed by atoms with Gasteiger partial charge in [-0.05, 0) is 32.9 Å². The Hall–Kier alpha value is -1.24. The molecule has 4 nitrogen and oxygen atoms in total. The molecule has 0 aromatic heterocycles. The lowest BCUT2D eigenvalue weighted by atomic mass is 9.95. The molecule has 8 heteroatoms. The van der Waals surface area contributed by atoms with E-state index in [1.54, 1.807) is 4.90 Å². The van der Waals surface area contributed by atoms with Crippen LogP contribution in [0.1, 0.15) is 54.3 Å². The molecular formula is C17H18Cl2F2N2O2. The topological polar surface area (TPSA) is 40.6 Å². The predicted molar refractivity (Wildman–Crippen MR) is 91.4 cm³/mol. The first-order valence-corrected chi connectivity index (χ1v) is 8.70. The van der Waals surface area contributed by atoms with Gasteiger partial charge in [-0.25, -0.2) is 8.78 Å². The first-order valence-electron chi connectivity index (χ1n) is 7.94. The number of amides is 2. The van der Waals surface area contributed by atoms with Gasteiger partial charge < -0.3 is 0 Å². The van der Waals surface area contributed by atoms with Gasteiger partial charge in [0.15, 0.2) is 0 Å². The first-order chi connectivity index (χ1) is 11.4. The van der Waals surface area contributed by atoms with Gasteiger partial charge in [0.1, 0.15) is 0 Å². The van der Waals surface area contributed by atoms with Gasteiger partial charge in [0.25, 0.3) is 17.7 Å². The molecular weight excluding hydrogens is 373 g/mol. The van der Waals surface area contributed by atoms with Crippen molar-refractivity contribution in [2.75, 3.05) is 6.54 Å². The number of halogens is 4. The highest BCUT2D eigenvalue weighted by atomic mass is 35.5. The molecule has 0 saturated carbocycles. The number of imide groups is 1. The minimum absolute atomic E-state index is 0.0121. The number of nitrogens with zero attached hydrogens (tertiary/aromatic N) is 2. The van der Waals surface area contributed by atoms with E-state index in [0.717, 1.165) is 4.90 Å². The molecule has 3 rings (SSSR count). The fraction of sp³-hybridized carbons (Fsp3) is 0.529. The highest BCUT2D eigenvalue weighted by Crippen LogP contribution is 2.41. The van der Waals surface area contributed by atoms with E-state index >= 15 is 0 Å². The third kappa shape index (κ3) is 3.04. The van der Waals surface area contributed by atoms with Crippen LogP contribution in [0, 0.1) is 0 Å². The predicted octanol–water partition coefficient (Wildman–Crippen LogP) is 4.45. The molecule has 1 unspecified atom stereocenters. The quantitative estimate of drug-likeness (QED) is 0.665. The minimum atomic E-state index is -2.94. The summed E-state index contributed by atoms with van der Waals surface area (Å²) in [5, 5.41) is 0.120. The average Bonchev–Trinajstić information content (AvgIpc) is 2.72. The van der Waals surface area contributed by atoms with Crippen molar-refractivity contribution in [1.82, 2.24) is 9.80 Å². The minimum Gasteiger partial charge on any atom is -0.278 e. The summed E-state index contributed by atoms with van der Waals surface area (Å²) >= 11 is 12.0. The van der Waals surface area contributed by atoms with Crippen molar-refractivity contribution in [2.24, 2.45) is 0 Å². The highest BCUT2D eigenvalue weighted by molar-refractivity contribution is 6.45. The zero-order chi connectivity index (χ0) is 18.7. The van der Waals surface area contributed by atoms with Crippen LogP contribution in [0.4, 0.5) is 8.78 Å². The summed E-state index contributed by atoms with van der Waals surface area (Å²) < 4.78 is 28.1. The highest BCUT2D eigenvalue weighted by Gasteiger charge is 2.51. The Morgan fingerprint density at radius 1 is 1.16 bits per heavy atom. The molecule has 2 amide bonds. The van der Waals surface area contributed by atoms with Crippen LogP contribution in [-0.4, -0.2) is 45.8 Å². The van der Waals surface area contributed by atoms with Crippen molar-refractivity contribution in [3.05, 3.63) is 33.3 Å². The van der Waals surface area contributed by atoms with Crippen LogP contribution in [0.25, 0.3) is 0 Å². The maximum atomic E-state index is 14.1. The standard InChI is InChI=1S/C17H18Cl2F2N2O2/c1-16(2,3)22-7-6-17(20,21)8-11(22)23-14(24)9-4-5-10(18)13(19)12(9)15(23)25/h4-5,11H,6-8H2,1-3H3. The van der Waals surface area contributed by atoms with E-state index in [1.165, 1.54) is 12.1 Å². The maximum absolute atomic E-state index is 14.1. The number of benzene rings is 1. The monoisotopic (exact) mass is 390 g/mol. The molecule has 0 spiro atoms. The summed E-state index contributed by atoms with van der Waals surface area (Å²) in [6.45, 7) is 5.69. The molecule has 1 aromatic rings. The van der Waals surface area contributed by atoms with Crippen LogP contribution in [0.5, 0.6) is 0 Å². The van der Waals surface area contributed by atoms with Gasteiger partial charge in [-0.2, -0.15) is 0 Å². The summed E-state index contributed by atoms with van der Waals surface area (Å²) in [5.74, 6) is -4.23. The molecule has 2 aliphatic heterocycles. The van der Waals surface area contributed by atoms with Crippen molar-refractivity contribution in [2.45, 2.75) is 51.2 Å². The number of fused-ring (bicyclic) bond motifs is 1. The molecule has 1 saturated heterocycles. The van der Waals surface area contributed by atoms with Gasteiger partial charge in [0.05, 0.1) is 27.3 Å². The number of hydrogen-bond acceptors (Lipinski definition) is 3. The molecule has 0 N–H and O–H groups in total. The van der Waals surface area contributed by atoms with E-state index in [1.807, 2.05) is 20.8 Å². The lowest BCUT2D eigenvalue weighted by Gasteiger charge is -2.48. The first kappa shape index (κ1) is 18.5. The van der Waals surface area contributed by atoms with E-state index in [-0.39, 0.29) is 34.1 Å². The molecule has 2 heterocycles. The summed E-state index contributed by atoms with van der Waals surface area (Å²) in [6.07, 6.45) is -1.94. The number of carbonyl (C=O) groups is 2. The molecule has 0 radical (unpaired) electrons. The number of likely N-dealkylation sites (tertiary alicyclic amines) is 1. The zero-order valence-corrected chi connectivity index (χ0v) is 15.6. The smallest absolute Gasteiger partial charge is 0.264 e. The van der Waals surface area contributed by atoms with Crippen molar-refractivity contribution >= 4 is 35.0 Å². The Kier molecular flexibility index (Phi) is 4.37. The van der Waals surface area contributed by atoms with Crippen LogP contribution in [-0.2, 0) is 0 Å². The third-order valence-corrected chi connectivity index (χ3v) is 5.50. The normalized spacial score (nSPS) is 24.0. The number of rotatable bonds is 1. The van der Waals surface area contributed by atoms with Crippen LogP contribution in [0.3, 0.4) is 0 Å². The van der Waals surface area contributed by atoms with Crippen LogP contribution < -0.4 is 0 Å². The van der Waals surface area contributed by atoms with Gasteiger partial charge in [-0.15, -0.1) is 0 Å². The van der Waals surface area contributed by atoms with Crippen LogP contribution in [0.2, 0.25) is 10.0 Å². The van der Waals surface area contributed by atoms with E-state index in [4.69, 9.17) is 23.2 Å². The Bertz CT molecular complexity index is 762. The van der Waals surface area contributed by atoms with Crippen molar-refractivity contribution < 1.29 is 18.4 Å². The second kappa shape index (κ2) is 5.89. The summed E-state index contributed by atoms with van der Waals surface area (Å²) in [6, 6.07) is 2.83. The van der Waals surface area contributed by atoms with Crippen molar-refractivity contribution in [3.8, 4) is 0 Å². The Labute approximate surface area is 154 Å². The van der Waals surface area contributed by atoms with E-state index < -0.39 is 35.9 Å². The molecule has 0 aliphatic carbocycles. The van der Waals surface area contributed by atoms with Gasteiger partial charge in [-0.3, -0.25) is 19.4 Å². The Morgan fingerprint density at radius 3 is 2.40 bits per heavy atom. The number of alkyl halides is 2. The lowest BCUT2D eigenvalue weighted by molar-refractivity contribution is -0.123. The molecule has 1 atom stereocenters.